The molecule has 3 nitrogen and oxygen atoms in total. The number of benzene rings is 1. The standard InChI is InChI=1S/C12H14Cl2N2O/c1-7-11(15)4-5-16(7)12(17)9-6-8(13)2-3-10(9)14/h2-3,6-7,11H,4-5,15H2,1H3. The van der Waals surface area contributed by atoms with Gasteiger partial charge in [-0.3, -0.25) is 4.79 Å². The van der Waals surface area contributed by atoms with Gasteiger partial charge in [0, 0.05) is 23.7 Å². The van der Waals surface area contributed by atoms with Gasteiger partial charge in [-0.1, -0.05) is 23.2 Å². The van der Waals surface area contributed by atoms with E-state index in [1.165, 1.54) is 0 Å². The number of nitrogens with two attached hydrogens (primary N) is 1. The Bertz CT molecular complexity index is 450. The van der Waals surface area contributed by atoms with Crippen molar-refractivity contribution in [2.45, 2.75) is 25.4 Å². The first-order valence-electron chi connectivity index (χ1n) is 5.52. The Hall–Kier alpha value is -0.770. The van der Waals surface area contributed by atoms with Crippen molar-refractivity contribution in [3.05, 3.63) is 33.8 Å². The van der Waals surface area contributed by atoms with E-state index in [2.05, 4.69) is 0 Å². The molecule has 0 saturated carbocycles. The van der Waals surface area contributed by atoms with Crippen molar-refractivity contribution in [2.24, 2.45) is 5.73 Å². The van der Waals surface area contributed by atoms with Crippen LogP contribution < -0.4 is 5.73 Å². The van der Waals surface area contributed by atoms with Crippen molar-refractivity contribution in [3.8, 4) is 0 Å². The summed E-state index contributed by atoms with van der Waals surface area (Å²) in [5, 5.41) is 0.931. The van der Waals surface area contributed by atoms with E-state index in [0.29, 0.717) is 22.2 Å². The normalized spacial score (nSPS) is 24.1. The summed E-state index contributed by atoms with van der Waals surface area (Å²) in [4.78, 5) is 14.1. The van der Waals surface area contributed by atoms with Gasteiger partial charge in [0.1, 0.15) is 0 Å². The molecule has 1 amide bonds. The quantitative estimate of drug-likeness (QED) is 0.854. The Morgan fingerprint density at radius 1 is 1.47 bits per heavy atom. The van der Waals surface area contributed by atoms with Crippen LogP contribution in [-0.4, -0.2) is 29.4 Å². The van der Waals surface area contributed by atoms with Crippen molar-refractivity contribution < 1.29 is 4.79 Å². The Balaban J connectivity index is 2.28. The highest BCUT2D eigenvalue weighted by molar-refractivity contribution is 6.35. The van der Waals surface area contributed by atoms with Crippen molar-refractivity contribution in [3.63, 3.8) is 0 Å². The van der Waals surface area contributed by atoms with Crippen molar-refractivity contribution >= 4 is 29.1 Å². The highest BCUT2D eigenvalue weighted by Gasteiger charge is 2.32. The maximum atomic E-state index is 12.3. The molecule has 1 aliphatic heterocycles. The van der Waals surface area contributed by atoms with Gasteiger partial charge in [0.2, 0.25) is 0 Å². The van der Waals surface area contributed by atoms with Gasteiger partial charge in [0.25, 0.3) is 5.91 Å². The Labute approximate surface area is 110 Å². The maximum absolute atomic E-state index is 12.3. The van der Waals surface area contributed by atoms with Gasteiger partial charge in [0.05, 0.1) is 10.6 Å². The van der Waals surface area contributed by atoms with Crippen LogP contribution in [0, 0.1) is 0 Å². The molecule has 2 rings (SSSR count). The number of hydrogen-bond donors (Lipinski definition) is 1. The van der Waals surface area contributed by atoms with Gasteiger partial charge >= 0.3 is 0 Å². The first-order valence-corrected chi connectivity index (χ1v) is 6.28. The van der Waals surface area contributed by atoms with E-state index < -0.39 is 0 Å². The summed E-state index contributed by atoms with van der Waals surface area (Å²) >= 11 is 11.9. The largest absolute Gasteiger partial charge is 0.334 e. The lowest BCUT2D eigenvalue weighted by Crippen LogP contribution is -2.40. The molecule has 5 heteroatoms. The first kappa shape index (κ1) is 12.7. The van der Waals surface area contributed by atoms with Gasteiger partial charge in [-0.25, -0.2) is 0 Å². The van der Waals surface area contributed by atoms with Gasteiger partial charge in [0.15, 0.2) is 0 Å². The number of amides is 1. The second-order valence-corrected chi connectivity index (χ2v) is 5.16. The number of carbonyl (C=O) groups is 1. The fraction of sp³-hybridized carbons (Fsp3) is 0.417. The van der Waals surface area contributed by atoms with E-state index >= 15 is 0 Å². The lowest BCUT2D eigenvalue weighted by molar-refractivity contribution is 0.0743. The number of hydrogen-bond acceptors (Lipinski definition) is 2. The molecule has 0 aromatic heterocycles. The van der Waals surface area contributed by atoms with Crippen LogP contribution in [0.3, 0.4) is 0 Å². The van der Waals surface area contributed by atoms with Gasteiger partial charge in [-0.2, -0.15) is 0 Å². The van der Waals surface area contributed by atoms with E-state index in [4.69, 9.17) is 28.9 Å². The van der Waals surface area contributed by atoms with Gasteiger partial charge in [-0.05, 0) is 31.5 Å². The smallest absolute Gasteiger partial charge is 0.255 e. The predicted molar refractivity (Wildman–Crippen MR) is 69.6 cm³/mol. The van der Waals surface area contributed by atoms with E-state index in [0.717, 1.165) is 6.42 Å². The fourth-order valence-corrected chi connectivity index (χ4v) is 2.44. The van der Waals surface area contributed by atoms with Crippen LogP contribution in [-0.2, 0) is 0 Å². The molecule has 1 fully saturated rings. The Morgan fingerprint density at radius 2 is 2.18 bits per heavy atom. The zero-order valence-corrected chi connectivity index (χ0v) is 11.0. The summed E-state index contributed by atoms with van der Waals surface area (Å²) in [5.41, 5.74) is 6.34. The molecule has 17 heavy (non-hydrogen) atoms. The van der Waals surface area contributed by atoms with Crippen LogP contribution in [0.1, 0.15) is 23.7 Å². The SMILES string of the molecule is CC1C(N)CCN1C(=O)c1cc(Cl)ccc1Cl. The van der Waals surface area contributed by atoms with Crippen LogP contribution in [0.4, 0.5) is 0 Å². The average Bonchev–Trinajstić information content (AvgIpc) is 2.62. The molecule has 2 atom stereocenters. The molecule has 1 saturated heterocycles. The molecular formula is C12H14Cl2N2O. The van der Waals surface area contributed by atoms with Crippen LogP contribution in [0.25, 0.3) is 0 Å². The molecule has 0 bridgehead atoms. The van der Waals surface area contributed by atoms with E-state index in [-0.39, 0.29) is 18.0 Å². The highest BCUT2D eigenvalue weighted by Crippen LogP contribution is 2.25. The lowest BCUT2D eigenvalue weighted by Gasteiger charge is -2.23. The zero-order chi connectivity index (χ0) is 12.6. The topological polar surface area (TPSA) is 46.3 Å². The summed E-state index contributed by atoms with van der Waals surface area (Å²) in [5.74, 6) is -0.0991. The van der Waals surface area contributed by atoms with Crippen molar-refractivity contribution in [1.82, 2.24) is 4.90 Å². The van der Waals surface area contributed by atoms with Gasteiger partial charge in [-0.15, -0.1) is 0 Å². The summed E-state index contributed by atoms with van der Waals surface area (Å²) in [6.07, 6.45) is 0.824. The summed E-state index contributed by atoms with van der Waals surface area (Å²) in [6.45, 7) is 2.62. The summed E-state index contributed by atoms with van der Waals surface area (Å²) in [7, 11) is 0. The third-order valence-electron chi connectivity index (χ3n) is 3.23. The molecular weight excluding hydrogens is 259 g/mol. The number of nitrogens with zero attached hydrogens (tertiary/aromatic N) is 1. The second-order valence-electron chi connectivity index (χ2n) is 4.32. The molecule has 1 aliphatic rings. The minimum Gasteiger partial charge on any atom is -0.334 e. The van der Waals surface area contributed by atoms with Crippen LogP contribution in [0.5, 0.6) is 0 Å². The molecule has 1 heterocycles. The first-order chi connectivity index (χ1) is 8.00. The molecule has 0 spiro atoms. The highest BCUT2D eigenvalue weighted by atomic mass is 35.5. The van der Waals surface area contributed by atoms with Crippen molar-refractivity contribution in [1.29, 1.82) is 0 Å². The third-order valence-corrected chi connectivity index (χ3v) is 3.80. The van der Waals surface area contributed by atoms with E-state index in [1.807, 2.05) is 6.92 Å². The molecule has 1 aromatic carbocycles. The second kappa shape index (κ2) is 4.84. The molecule has 0 radical (unpaired) electrons. The average molecular weight is 273 g/mol. The number of carbonyl (C=O) groups excluding carboxylic acids is 1. The molecule has 1 aromatic rings. The minimum absolute atomic E-state index is 0.0388. The number of rotatable bonds is 1. The van der Waals surface area contributed by atoms with Crippen LogP contribution in [0.15, 0.2) is 18.2 Å². The molecule has 92 valence electrons. The molecule has 2 N–H and O–H groups in total. The van der Waals surface area contributed by atoms with Crippen LogP contribution >= 0.6 is 23.2 Å². The van der Waals surface area contributed by atoms with Gasteiger partial charge < -0.3 is 10.6 Å². The van der Waals surface area contributed by atoms with Crippen molar-refractivity contribution in [2.75, 3.05) is 6.54 Å². The molecule has 2 unspecified atom stereocenters. The molecule has 0 aliphatic carbocycles. The van der Waals surface area contributed by atoms with E-state index in [1.54, 1.807) is 23.1 Å². The number of likely N-dealkylation sites (tertiary alicyclic amines) is 1. The monoisotopic (exact) mass is 272 g/mol. The van der Waals surface area contributed by atoms with Crippen LogP contribution in [0.2, 0.25) is 10.0 Å². The summed E-state index contributed by atoms with van der Waals surface area (Å²) < 4.78 is 0. The zero-order valence-electron chi connectivity index (χ0n) is 9.49. The Morgan fingerprint density at radius 3 is 2.76 bits per heavy atom. The Kier molecular flexibility index (Phi) is 3.61. The maximum Gasteiger partial charge on any atom is 0.255 e. The minimum atomic E-state index is -0.0991. The number of halogens is 2. The predicted octanol–water partition coefficient (Wildman–Crippen LogP) is 2.56. The summed E-state index contributed by atoms with van der Waals surface area (Å²) in [6, 6.07) is 4.98. The third kappa shape index (κ3) is 2.41. The van der Waals surface area contributed by atoms with E-state index in [9.17, 15) is 4.79 Å². The lowest BCUT2D eigenvalue weighted by atomic mass is 10.1. The fourth-order valence-electron chi connectivity index (χ4n) is 2.07.